The van der Waals surface area contributed by atoms with Crippen LogP contribution in [-0.2, 0) is 20.9 Å². The van der Waals surface area contributed by atoms with Crippen LogP contribution in [0.4, 0.5) is 0 Å². The number of aryl methyl sites for hydroxylation is 2. The largest absolute Gasteiger partial charge is 0.419 e. The van der Waals surface area contributed by atoms with Gasteiger partial charge in [0.2, 0.25) is 17.7 Å². The number of nitrogens with zero attached hydrogens (tertiary/aromatic N) is 3. The maximum absolute atomic E-state index is 12.7. The van der Waals surface area contributed by atoms with Crippen LogP contribution in [0.5, 0.6) is 0 Å². The molecule has 0 radical (unpaired) electrons. The second kappa shape index (κ2) is 7.26. The molecule has 1 unspecified atom stereocenters. The number of nitrogens with two attached hydrogens (primary N) is 1. The smallest absolute Gasteiger partial charge is 0.408 e. The number of fused-ring (bicyclic) bond motifs is 1. The van der Waals surface area contributed by atoms with Crippen LogP contribution in [0, 0.1) is 6.92 Å². The molecular formula is C18H22N4O5. The van der Waals surface area contributed by atoms with Crippen LogP contribution in [0.2, 0.25) is 0 Å². The predicted octanol–water partition coefficient (Wildman–Crippen LogP) is -0.162. The Morgan fingerprint density at radius 2 is 2.00 bits per heavy atom. The normalized spacial score (nSPS) is 17.3. The molecule has 3 amide bonds. The molecule has 2 N–H and O–H groups in total. The number of oxazole rings is 1. The summed E-state index contributed by atoms with van der Waals surface area (Å²) in [7, 11) is 0. The molecule has 1 atom stereocenters. The van der Waals surface area contributed by atoms with Gasteiger partial charge in [0.25, 0.3) is 0 Å². The Bertz CT molecular complexity index is 960. The van der Waals surface area contributed by atoms with Gasteiger partial charge in [0, 0.05) is 33.0 Å². The molecule has 1 aromatic carbocycles. The van der Waals surface area contributed by atoms with E-state index in [-0.39, 0.29) is 37.9 Å². The van der Waals surface area contributed by atoms with Crippen molar-refractivity contribution in [3.05, 3.63) is 34.3 Å². The molecule has 0 saturated carbocycles. The topological polar surface area (TPSA) is 119 Å². The lowest BCUT2D eigenvalue weighted by Crippen LogP contribution is -2.60. The van der Waals surface area contributed by atoms with Crippen LogP contribution in [0.15, 0.2) is 27.4 Å². The lowest BCUT2D eigenvalue weighted by atomic mass is 10.1. The molecule has 0 bridgehead atoms. The van der Waals surface area contributed by atoms with Gasteiger partial charge in [-0.2, -0.15) is 0 Å². The molecule has 1 fully saturated rings. The third kappa shape index (κ3) is 3.71. The number of amides is 3. The number of carbonyl (C=O) groups is 3. The molecule has 144 valence electrons. The van der Waals surface area contributed by atoms with Crippen molar-refractivity contribution in [2.75, 3.05) is 19.6 Å². The van der Waals surface area contributed by atoms with Crippen molar-refractivity contribution in [3.8, 4) is 0 Å². The summed E-state index contributed by atoms with van der Waals surface area (Å²) < 4.78 is 6.60. The molecule has 9 heteroatoms. The molecule has 1 aliphatic heterocycles. The van der Waals surface area contributed by atoms with Gasteiger partial charge in [-0.25, -0.2) is 4.79 Å². The summed E-state index contributed by atoms with van der Waals surface area (Å²) in [6, 6.07) is 4.51. The molecule has 2 heterocycles. The van der Waals surface area contributed by atoms with E-state index >= 15 is 0 Å². The van der Waals surface area contributed by atoms with Crippen molar-refractivity contribution in [2.24, 2.45) is 5.73 Å². The SMILES string of the molecule is CC(=O)N1CCN(C(=O)CCn2c(=O)oc3ccc(C)cc32)C(C(N)=O)C1. The molecule has 2 aromatic rings. The monoisotopic (exact) mass is 374 g/mol. The fourth-order valence-electron chi connectivity index (χ4n) is 3.35. The standard InChI is InChI=1S/C18H22N4O5/c1-11-3-4-15-13(9-11)22(18(26)27-15)6-5-16(24)21-8-7-20(12(2)23)10-14(21)17(19)25/h3-4,9,14H,5-8,10H2,1-2H3,(H2,19,25). The molecule has 1 saturated heterocycles. The van der Waals surface area contributed by atoms with E-state index in [1.807, 2.05) is 19.1 Å². The number of piperazine rings is 1. The number of rotatable bonds is 4. The van der Waals surface area contributed by atoms with E-state index in [1.54, 1.807) is 6.07 Å². The van der Waals surface area contributed by atoms with Gasteiger partial charge in [-0.05, 0) is 24.6 Å². The van der Waals surface area contributed by atoms with E-state index in [2.05, 4.69) is 0 Å². The highest BCUT2D eigenvalue weighted by Crippen LogP contribution is 2.16. The first-order chi connectivity index (χ1) is 12.8. The maximum atomic E-state index is 12.7. The van der Waals surface area contributed by atoms with Gasteiger partial charge >= 0.3 is 5.76 Å². The Hall–Kier alpha value is -3.10. The van der Waals surface area contributed by atoms with Crippen LogP contribution in [-0.4, -0.2) is 57.8 Å². The summed E-state index contributed by atoms with van der Waals surface area (Å²) in [6.45, 7) is 4.10. The van der Waals surface area contributed by atoms with Crippen molar-refractivity contribution >= 4 is 28.8 Å². The molecule has 1 aromatic heterocycles. The second-order valence-electron chi connectivity index (χ2n) is 6.71. The average molecular weight is 374 g/mol. The van der Waals surface area contributed by atoms with Gasteiger partial charge < -0.3 is 20.0 Å². The van der Waals surface area contributed by atoms with Gasteiger partial charge in [-0.3, -0.25) is 19.0 Å². The van der Waals surface area contributed by atoms with Crippen molar-refractivity contribution in [3.63, 3.8) is 0 Å². The first-order valence-corrected chi connectivity index (χ1v) is 8.72. The third-order valence-corrected chi connectivity index (χ3v) is 4.85. The summed E-state index contributed by atoms with van der Waals surface area (Å²) in [5.41, 5.74) is 7.48. The molecular weight excluding hydrogens is 352 g/mol. The highest BCUT2D eigenvalue weighted by atomic mass is 16.4. The fraction of sp³-hybridized carbons (Fsp3) is 0.444. The highest BCUT2D eigenvalue weighted by Gasteiger charge is 2.34. The van der Waals surface area contributed by atoms with Crippen molar-refractivity contribution in [1.82, 2.24) is 14.4 Å². The Kier molecular flexibility index (Phi) is 5.02. The minimum absolute atomic E-state index is 0.0202. The lowest BCUT2D eigenvalue weighted by molar-refractivity contribution is -0.146. The van der Waals surface area contributed by atoms with Crippen LogP contribution >= 0.6 is 0 Å². The zero-order chi connectivity index (χ0) is 19.7. The number of hydrogen-bond donors (Lipinski definition) is 1. The number of aromatic nitrogens is 1. The number of carbonyl (C=O) groups excluding carboxylic acids is 3. The summed E-state index contributed by atoms with van der Waals surface area (Å²) in [5, 5.41) is 0. The highest BCUT2D eigenvalue weighted by molar-refractivity contribution is 5.88. The first kappa shape index (κ1) is 18.7. The fourth-order valence-corrected chi connectivity index (χ4v) is 3.35. The molecule has 0 spiro atoms. The molecule has 3 rings (SSSR count). The number of benzene rings is 1. The summed E-state index contributed by atoms with van der Waals surface area (Å²) in [4.78, 5) is 50.9. The van der Waals surface area contributed by atoms with E-state index in [0.29, 0.717) is 17.6 Å². The average Bonchev–Trinajstić information content (AvgIpc) is 2.93. The minimum Gasteiger partial charge on any atom is -0.408 e. The van der Waals surface area contributed by atoms with Gasteiger partial charge in [0.1, 0.15) is 6.04 Å². The van der Waals surface area contributed by atoms with Crippen LogP contribution < -0.4 is 11.5 Å². The zero-order valence-corrected chi connectivity index (χ0v) is 15.3. The minimum atomic E-state index is -0.866. The van der Waals surface area contributed by atoms with E-state index in [4.69, 9.17) is 10.2 Å². The van der Waals surface area contributed by atoms with E-state index in [1.165, 1.54) is 21.3 Å². The summed E-state index contributed by atoms with van der Waals surface area (Å²) in [5.74, 6) is -1.65. The van der Waals surface area contributed by atoms with E-state index in [0.717, 1.165) is 5.56 Å². The number of primary amides is 1. The zero-order valence-electron chi connectivity index (χ0n) is 15.3. The van der Waals surface area contributed by atoms with Gasteiger partial charge in [-0.1, -0.05) is 6.07 Å². The summed E-state index contributed by atoms with van der Waals surface area (Å²) >= 11 is 0. The Balaban J connectivity index is 1.75. The maximum Gasteiger partial charge on any atom is 0.419 e. The Morgan fingerprint density at radius 1 is 1.26 bits per heavy atom. The van der Waals surface area contributed by atoms with E-state index < -0.39 is 17.7 Å². The van der Waals surface area contributed by atoms with Crippen LogP contribution in [0.25, 0.3) is 11.1 Å². The molecule has 9 nitrogen and oxygen atoms in total. The molecule has 0 aliphatic carbocycles. The number of hydrogen-bond acceptors (Lipinski definition) is 5. The van der Waals surface area contributed by atoms with Crippen LogP contribution in [0.3, 0.4) is 0 Å². The Morgan fingerprint density at radius 3 is 2.67 bits per heavy atom. The quantitative estimate of drug-likeness (QED) is 0.797. The summed E-state index contributed by atoms with van der Waals surface area (Å²) in [6.07, 6.45) is 0.0202. The van der Waals surface area contributed by atoms with Gasteiger partial charge in [0.15, 0.2) is 5.58 Å². The van der Waals surface area contributed by atoms with Gasteiger partial charge in [0.05, 0.1) is 12.1 Å². The van der Waals surface area contributed by atoms with Crippen LogP contribution in [0.1, 0.15) is 18.9 Å². The second-order valence-corrected chi connectivity index (χ2v) is 6.71. The molecule has 27 heavy (non-hydrogen) atoms. The third-order valence-electron chi connectivity index (χ3n) is 4.85. The van der Waals surface area contributed by atoms with Crippen molar-refractivity contribution < 1.29 is 18.8 Å². The van der Waals surface area contributed by atoms with Crippen molar-refractivity contribution in [1.29, 1.82) is 0 Å². The van der Waals surface area contributed by atoms with E-state index in [9.17, 15) is 19.2 Å². The Labute approximate surface area is 155 Å². The predicted molar refractivity (Wildman–Crippen MR) is 96.8 cm³/mol. The van der Waals surface area contributed by atoms with Crippen molar-refractivity contribution in [2.45, 2.75) is 32.9 Å². The molecule has 1 aliphatic rings. The first-order valence-electron chi connectivity index (χ1n) is 8.72. The van der Waals surface area contributed by atoms with Gasteiger partial charge in [-0.15, -0.1) is 0 Å². The lowest BCUT2D eigenvalue weighted by Gasteiger charge is -2.39.